The Bertz CT molecular complexity index is 425. The number of carboxylic acid groups (broad SMARTS) is 1. The molecule has 0 aromatic carbocycles. The number of hydrogen-bond donors (Lipinski definition) is 2. The highest BCUT2D eigenvalue weighted by atomic mass is 32.2. The summed E-state index contributed by atoms with van der Waals surface area (Å²) in [6, 6.07) is 0.0613. The number of rotatable bonds is 6. The highest BCUT2D eigenvalue weighted by Gasteiger charge is 2.27. The molecule has 7 heteroatoms. The molecule has 0 bridgehead atoms. The molecule has 1 saturated carbocycles. The number of amides is 1. The van der Waals surface area contributed by atoms with Crippen molar-refractivity contribution in [3.63, 3.8) is 0 Å². The Morgan fingerprint density at radius 2 is 1.84 bits per heavy atom. The molecule has 0 radical (unpaired) electrons. The van der Waals surface area contributed by atoms with Crippen LogP contribution in [-0.4, -0.2) is 42.4 Å². The van der Waals surface area contributed by atoms with Gasteiger partial charge >= 0.3 is 5.97 Å². The number of nitrogens with one attached hydrogen (secondary N) is 1. The highest BCUT2D eigenvalue weighted by molar-refractivity contribution is 7.92. The van der Waals surface area contributed by atoms with Crippen molar-refractivity contribution in [3.8, 4) is 0 Å². The lowest BCUT2D eigenvalue weighted by Gasteiger charge is -2.23. The topological polar surface area (TPSA) is 101 Å². The van der Waals surface area contributed by atoms with Crippen LogP contribution in [0.5, 0.6) is 0 Å². The van der Waals surface area contributed by atoms with E-state index in [0.717, 1.165) is 32.1 Å². The molecule has 6 nitrogen and oxygen atoms in total. The maximum absolute atomic E-state index is 11.8. The second-order valence-electron chi connectivity index (χ2n) is 5.12. The molecule has 0 aromatic rings. The molecular formula is C12H21NO5S. The summed E-state index contributed by atoms with van der Waals surface area (Å²) < 4.78 is 23.6. The first-order chi connectivity index (χ1) is 8.81. The molecule has 1 aliphatic rings. The van der Waals surface area contributed by atoms with Gasteiger partial charge in [-0.25, -0.2) is 8.42 Å². The van der Waals surface area contributed by atoms with Gasteiger partial charge in [-0.05, 0) is 19.8 Å². The first-order valence-electron chi connectivity index (χ1n) is 6.54. The third kappa shape index (κ3) is 5.59. The van der Waals surface area contributed by atoms with Crippen LogP contribution in [0.2, 0.25) is 0 Å². The molecule has 19 heavy (non-hydrogen) atoms. The second-order valence-corrected chi connectivity index (χ2v) is 7.54. The van der Waals surface area contributed by atoms with Crippen molar-refractivity contribution >= 4 is 21.7 Å². The molecule has 1 rings (SSSR count). The average molecular weight is 291 g/mol. The van der Waals surface area contributed by atoms with Crippen LogP contribution in [0.4, 0.5) is 0 Å². The molecule has 1 fully saturated rings. The summed E-state index contributed by atoms with van der Waals surface area (Å²) in [6.45, 7) is 1.32. The summed E-state index contributed by atoms with van der Waals surface area (Å²) in [5, 5.41) is 10.3. The predicted molar refractivity (Wildman–Crippen MR) is 70.5 cm³/mol. The number of sulfone groups is 1. The minimum Gasteiger partial charge on any atom is -0.481 e. The van der Waals surface area contributed by atoms with E-state index in [1.54, 1.807) is 0 Å². The van der Waals surface area contributed by atoms with Crippen LogP contribution in [0, 0.1) is 0 Å². The van der Waals surface area contributed by atoms with Gasteiger partial charge in [0.25, 0.3) is 0 Å². The third-order valence-electron chi connectivity index (χ3n) is 3.38. The van der Waals surface area contributed by atoms with Gasteiger partial charge in [0.1, 0.15) is 5.75 Å². The third-order valence-corrected chi connectivity index (χ3v) is 5.44. The van der Waals surface area contributed by atoms with E-state index in [0.29, 0.717) is 0 Å². The molecule has 0 aliphatic heterocycles. The van der Waals surface area contributed by atoms with Gasteiger partial charge in [0.15, 0.2) is 9.84 Å². The van der Waals surface area contributed by atoms with Crippen molar-refractivity contribution < 1.29 is 23.1 Å². The summed E-state index contributed by atoms with van der Waals surface area (Å²) >= 11 is 0. The maximum atomic E-state index is 11.8. The average Bonchev–Trinajstić information content (AvgIpc) is 2.28. The van der Waals surface area contributed by atoms with Crippen LogP contribution < -0.4 is 5.32 Å². The lowest BCUT2D eigenvalue weighted by Crippen LogP contribution is -2.41. The lowest BCUT2D eigenvalue weighted by atomic mass is 9.95. The number of carbonyl (C=O) groups excluding carboxylic acids is 1. The fraction of sp³-hybridized carbons (Fsp3) is 0.833. The fourth-order valence-corrected chi connectivity index (χ4v) is 3.34. The SMILES string of the molecule is CC(CC(=O)O)S(=O)(=O)CC(=O)NC1CCCCC1. The zero-order valence-electron chi connectivity index (χ0n) is 11.1. The van der Waals surface area contributed by atoms with Crippen molar-refractivity contribution in [2.75, 3.05) is 5.75 Å². The molecule has 1 atom stereocenters. The molecule has 1 unspecified atom stereocenters. The van der Waals surface area contributed by atoms with Gasteiger partial charge in [-0.1, -0.05) is 19.3 Å². The molecule has 1 amide bonds. The quantitative estimate of drug-likeness (QED) is 0.750. The second kappa shape index (κ2) is 6.88. The molecule has 2 N–H and O–H groups in total. The lowest BCUT2D eigenvalue weighted by molar-refractivity contribution is -0.137. The zero-order chi connectivity index (χ0) is 14.5. The Balaban J connectivity index is 2.47. The van der Waals surface area contributed by atoms with Gasteiger partial charge in [-0.2, -0.15) is 0 Å². The van der Waals surface area contributed by atoms with E-state index >= 15 is 0 Å². The van der Waals surface area contributed by atoms with E-state index in [1.807, 2.05) is 0 Å². The molecule has 0 aromatic heterocycles. The minimum absolute atomic E-state index is 0.0613. The smallest absolute Gasteiger partial charge is 0.304 e. The van der Waals surface area contributed by atoms with Gasteiger partial charge in [0.2, 0.25) is 5.91 Å². The Morgan fingerprint density at radius 1 is 1.26 bits per heavy atom. The van der Waals surface area contributed by atoms with E-state index in [2.05, 4.69) is 5.32 Å². The van der Waals surface area contributed by atoms with Crippen molar-refractivity contribution in [2.45, 2.75) is 56.7 Å². The van der Waals surface area contributed by atoms with Crippen molar-refractivity contribution in [1.29, 1.82) is 0 Å². The van der Waals surface area contributed by atoms with Gasteiger partial charge in [0, 0.05) is 6.04 Å². The van der Waals surface area contributed by atoms with Gasteiger partial charge in [0.05, 0.1) is 11.7 Å². The van der Waals surface area contributed by atoms with Crippen LogP contribution >= 0.6 is 0 Å². The standard InChI is InChI=1S/C12H21NO5S/c1-9(7-12(15)16)19(17,18)8-11(14)13-10-5-3-2-4-6-10/h9-10H,2-8H2,1H3,(H,13,14)(H,15,16). The van der Waals surface area contributed by atoms with Gasteiger partial charge in [-0.3, -0.25) is 9.59 Å². The summed E-state index contributed by atoms with van der Waals surface area (Å²) in [5.41, 5.74) is 0. The van der Waals surface area contributed by atoms with E-state index in [4.69, 9.17) is 5.11 Å². The number of hydrogen-bond acceptors (Lipinski definition) is 4. The van der Waals surface area contributed by atoms with Crippen molar-refractivity contribution in [2.24, 2.45) is 0 Å². The number of carbonyl (C=O) groups is 2. The fourth-order valence-electron chi connectivity index (χ4n) is 2.21. The number of aliphatic carboxylic acids is 1. The molecule has 0 saturated heterocycles. The van der Waals surface area contributed by atoms with E-state index in [-0.39, 0.29) is 6.04 Å². The van der Waals surface area contributed by atoms with Gasteiger partial charge < -0.3 is 10.4 Å². The van der Waals surface area contributed by atoms with Crippen LogP contribution in [-0.2, 0) is 19.4 Å². The Labute approximate surface area is 113 Å². The van der Waals surface area contributed by atoms with Crippen molar-refractivity contribution in [1.82, 2.24) is 5.32 Å². The Morgan fingerprint density at radius 3 is 2.37 bits per heavy atom. The molecule has 0 heterocycles. The first-order valence-corrected chi connectivity index (χ1v) is 8.25. The molecule has 0 spiro atoms. The summed E-state index contributed by atoms with van der Waals surface area (Å²) in [7, 11) is -3.70. The Hall–Kier alpha value is -1.11. The monoisotopic (exact) mass is 291 g/mol. The minimum atomic E-state index is -3.70. The molecule has 1 aliphatic carbocycles. The predicted octanol–water partition coefficient (Wildman–Crippen LogP) is 0.713. The summed E-state index contributed by atoms with van der Waals surface area (Å²) in [4.78, 5) is 22.2. The molecular weight excluding hydrogens is 270 g/mol. The zero-order valence-corrected chi connectivity index (χ0v) is 11.9. The molecule has 110 valence electrons. The maximum Gasteiger partial charge on any atom is 0.304 e. The summed E-state index contributed by atoms with van der Waals surface area (Å²) in [6.07, 6.45) is 4.55. The number of carboxylic acids is 1. The summed E-state index contributed by atoms with van der Waals surface area (Å²) in [5.74, 6) is -2.33. The van der Waals surface area contributed by atoms with E-state index < -0.39 is 39.1 Å². The van der Waals surface area contributed by atoms with Crippen molar-refractivity contribution in [3.05, 3.63) is 0 Å². The highest BCUT2D eigenvalue weighted by Crippen LogP contribution is 2.17. The van der Waals surface area contributed by atoms with E-state index in [1.165, 1.54) is 6.92 Å². The normalized spacial score (nSPS) is 18.8. The van der Waals surface area contributed by atoms with Crippen LogP contribution in [0.15, 0.2) is 0 Å². The van der Waals surface area contributed by atoms with Crippen LogP contribution in [0.1, 0.15) is 45.4 Å². The van der Waals surface area contributed by atoms with Gasteiger partial charge in [-0.15, -0.1) is 0 Å². The Kier molecular flexibility index (Phi) is 5.78. The van der Waals surface area contributed by atoms with E-state index in [9.17, 15) is 18.0 Å². The largest absolute Gasteiger partial charge is 0.481 e. The van der Waals surface area contributed by atoms with Crippen LogP contribution in [0.25, 0.3) is 0 Å². The first kappa shape index (κ1) is 15.9. The van der Waals surface area contributed by atoms with Crippen LogP contribution in [0.3, 0.4) is 0 Å².